The molecule has 0 spiro atoms. The third kappa shape index (κ3) is 3.02. The Kier molecular flexibility index (Phi) is 4.01. The zero-order valence-corrected chi connectivity index (χ0v) is 13.7. The summed E-state index contributed by atoms with van der Waals surface area (Å²) in [4.78, 5) is 27.5. The molecule has 4 heterocycles. The van der Waals surface area contributed by atoms with Crippen LogP contribution < -0.4 is 5.73 Å². The number of carbonyl (C=O) groups is 1. The molecule has 0 aromatic carbocycles. The number of nitrogen functional groups attached to an aromatic ring is 1. The Morgan fingerprint density at radius 1 is 1.24 bits per heavy atom. The van der Waals surface area contributed by atoms with Crippen LogP contribution in [0.2, 0.25) is 0 Å². The first kappa shape index (κ1) is 15.5. The first-order valence-corrected chi connectivity index (χ1v) is 8.35. The molecule has 1 aliphatic rings. The second-order valence-electron chi connectivity index (χ2n) is 6.30. The molecular weight excluding hydrogens is 318 g/mol. The number of aromatic nitrogens is 5. The highest BCUT2D eigenvalue weighted by atomic mass is 16.2. The monoisotopic (exact) mass is 337 g/mol. The van der Waals surface area contributed by atoms with Gasteiger partial charge in [0.1, 0.15) is 11.4 Å². The van der Waals surface area contributed by atoms with Gasteiger partial charge < -0.3 is 10.6 Å². The van der Waals surface area contributed by atoms with Crippen molar-refractivity contribution in [2.75, 3.05) is 18.8 Å². The fourth-order valence-corrected chi connectivity index (χ4v) is 3.37. The average molecular weight is 337 g/mol. The van der Waals surface area contributed by atoms with Gasteiger partial charge >= 0.3 is 0 Å². The normalized spacial score (nSPS) is 17.8. The van der Waals surface area contributed by atoms with Crippen molar-refractivity contribution in [2.24, 2.45) is 5.92 Å². The molecule has 8 nitrogen and oxygen atoms in total. The summed E-state index contributed by atoms with van der Waals surface area (Å²) >= 11 is 0. The van der Waals surface area contributed by atoms with E-state index in [1.165, 1.54) is 0 Å². The highest BCUT2D eigenvalue weighted by molar-refractivity contribution is 5.99. The van der Waals surface area contributed by atoms with Crippen LogP contribution in [0.1, 0.15) is 28.9 Å². The van der Waals surface area contributed by atoms with Crippen LogP contribution in [0.25, 0.3) is 5.65 Å². The van der Waals surface area contributed by atoms with Crippen molar-refractivity contribution < 1.29 is 4.79 Å². The van der Waals surface area contributed by atoms with Crippen molar-refractivity contribution >= 4 is 17.4 Å². The van der Waals surface area contributed by atoms with E-state index in [9.17, 15) is 4.79 Å². The molecule has 1 amide bonds. The molecule has 4 rings (SSSR count). The second kappa shape index (κ2) is 6.46. The number of hydrogen-bond donors (Lipinski definition) is 1. The zero-order chi connectivity index (χ0) is 17.2. The van der Waals surface area contributed by atoms with Gasteiger partial charge in [-0.25, -0.2) is 14.5 Å². The van der Waals surface area contributed by atoms with E-state index in [4.69, 9.17) is 5.73 Å². The highest BCUT2D eigenvalue weighted by Crippen LogP contribution is 2.23. The molecule has 1 aliphatic heterocycles. The van der Waals surface area contributed by atoms with Crippen LogP contribution in [-0.4, -0.2) is 48.5 Å². The summed E-state index contributed by atoms with van der Waals surface area (Å²) in [6, 6.07) is 1.79. The Bertz CT molecular complexity index is 907. The van der Waals surface area contributed by atoms with Crippen LogP contribution in [0.15, 0.2) is 37.1 Å². The predicted molar refractivity (Wildman–Crippen MR) is 91.8 cm³/mol. The van der Waals surface area contributed by atoms with Gasteiger partial charge in [-0.05, 0) is 31.2 Å². The van der Waals surface area contributed by atoms with E-state index in [2.05, 4.69) is 20.1 Å². The first-order valence-electron chi connectivity index (χ1n) is 8.35. The molecular formula is C17H19N7O. The largest absolute Gasteiger partial charge is 0.382 e. The summed E-state index contributed by atoms with van der Waals surface area (Å²) in [5.41, 5.74) is 7.84. The quantitative estimate of drug-likeness (QED) is 0.770. The Morgan fingerprint density at radius 3 is 3.00 bits per heavy atom. The van der Waals surface area contributed by atoms with E-state index in [1.54, 1.807) is 41.6 Å². The van der Waals surface area contributed by atoms with Crippen LogP contribution in [0, 0.1) is 5.92 Å². The molecule has 1 atom stereocenters. The number of likely N-dealkylation sites (tertiary alicyclic amines) is 1. The minimum Gasteiger partial charge on any atom is -0.382 e. The minimum absolute atomic E-state index is 0.0227. The van der Waals surface area contributed by atoms with Gasteiger partial charge in [-0.1, -0.05) is 0 Å². The van der Waals surface area contributed by atoms with Crippen LogP contribution in [0.4, 0.5) is 5.82 Å². The number of rotatable bonds is 3. The lowest BCUT2D eigenvalue weighted by Gasteiger charge is -2.32. The number of amides is 1. The van der Waals surface area contributed by atoms with E-state index in [-0.39, 0.29) is 5.91 Å². The Balaban J connectivity index is 1.51. The highest BCUT2D eigenvalue weighted by Gasteiger charge is 2.27. The molecule has 3 aromatic heterocycles. The van der Waals surface area contributed by atoms with Crippen molar-refractivity contribution in [2.45, 2.75) is 19.3 Å². The van der Waals surface area contributed by atoms with Crippen LogP contribution in [0.5, 0.6) is 0 Å². The number of fused-ring (bicyclic) bond motifs is 1. The van der Waals surface area contributed by atoms with E-state index >= 15 is 0 Å². The van der Waals surface area contributed by atoms with Gasteiger partial charge in [0.05, 0.1) is 11.9 Å². The summed E-state index contributed by atoms with van der Waals surface area (Å²) in [5.74, 6) is 0.773. The van der Waals surface area contributed by atoms with E-state index < -0.39 is 0 Å². The summed E-state index contributed by atoms with van der Waals surface area (Å²) in [7, 11) is 0. The van der Waals surface area contributed by atoms with E-state index in [1.807, 2.05) is 4.90 Å². The van der Waals surface area contributed by atoms with Gasteiger partial charge in [0.2, 0.25) is 0 Å². The molecule has 0 saturated carbocycles. The predicted octanol–water partition coefficient (Wildman–Crippen LogP) is 1.20. The Labute approximate surface area is 144 Å². The molecule has 1 saturated heterocycles. The van der Waals surface area contributed by atoms with Crippen LogP contribution in [-0.2, 0) is 6.42 Å². The van der Waals surface area contributed by atoms with Crippen molar-refractivity contribution in [1.82, 2.24) is 29.5 Å². The minimum atomic E-state index is -0.0227. The topological polar surface area (TPSA) is 102 Å². The summed E-state index contributed by atoms with van der Waals surface area (Å²) in [6.45, 7) is 1.43. The Hall–Kier alpha value is -3.03. The average Bonchev–Trinajstić information content (AvgIpc) is 3.07. The maximum atomic E-state index is 12.9. The lowest BCUT2D eigenvalue weighted by atomic mass is 9.93. The van der Waals surface area contributed by atoms with Crippen LogP contribution >= 0.6 is 0 Å². The SMILES string of the molecule is Nc1nccnc1CC1CCCN(C(=O)c2cnn3cccnc23)C1. The molecule has 0 bridgehead atoms. The third-order valence-corrected chi connectivity index (χ3v) is 4.60. The molecule has 3 aromatic rings. The lowest BCUT2D eigenvalue weighted by molar-refractivity contribution is 0.0674. The molecule has 0 aliphatic carbocycles. The van der Waals surface area contributed by atoms with Gasteiger partial charge in [0.25, 0.3) is 5.91 Å². The summed E-state index contributed by atoms with van der Waals surface area (Å²) < 4.78 is 1.62. The number of nitrogens with two attached hydrogens (primary N) is 1. The van der Waals surface area contributed by atoms with E-state index in [0.717, 1.165) is 31.5 Å². The Morgan fingerprint density at radius 2 is 2.12 bits per heavy atom. The molecule has 128 valence electrons. The smallest absolute Gasteiger partial charge is 0.259 e. The van der Waals surface area contributed by atoms with E-state index in [0.29, 0.717) is 29.5 Å². The zero-order valence-electron chi connectivity index (χ0n) is 13.7. The fraction of sp³-hybridized carbons (Fsp3) is 0.353. The van der Waals surface area contributed by atoms with Gasteiger partial charge in [0.15, 0.2) is 5.65 Å². The number of nitrogens with zero attached hydrogens (tertiary/aromatic N) is 6. The van der Waals surface area contributed by atoms with Gasteiger partial charge in [0, 0.05) is 37.9 Å². The molecule has 1 fully saturated rings. The van der Waals surface area contributed by atoms with Crippen molar-refractivity contribution in [3.8, 4) is 0 Å². The van der Waals surface area contributed by atoms with Crippen molar-refractivity contribution in [3.63, 3.8) is 0 Å². The number of carbonyl (C=O) groups excluding carboxylic acids is 1. The summed E-state index contributed by atoms with van der Waals surface area (Å²) in [6.07, 6.45) is 11.0. The fourth-order valence-electron chi connectivity index (χ4n) is 3.37. The second-order valence-corrected chi connectivity index (χ2v) is 6.30. The lowest BCUT2D eigenvalue weighted by Crippen LogP contribution is -2.40. The number of anilines is 1. The molecule has 0 radical (unpaired) electrons. The summed E-state index contributed by atoms with van der Waals surface area (Å²) in [5, 5.41) is 4.20. The van der Waals surface area contributed by atoms with Gasteiger partial charge in [-0.2, -0.15) is 5.10 Å². The van der Waals surface area contributed by atoms with Crippen molar-refractivity contribution in [1.29, 1.82) is 0 Å². The molecule has 25 heavy (non-hydrogen) atoms. The standard InChI is InChI=1S/C17H19N7O/c18-15-14(19-5-6-20-15)9-12-3-1-7-23(11-12)17(25)13-10-22-24-8-2-4-21-16(13)24/h2,4-6,8,10,12H,1,3,7,9,11H2,(H2,18,20). The maximum Gasteiger partial charge on any atom is 0.259 e. The number of piperidine rings is 1. The first-order chi connectivity index (χ1) is 12.2. The third-order valence-electron chi connectivity index (χ3n) is 4.60. The van der Waals surface area contributed by atoms with Crippen molar-refractivity contribution in [3.05, 3.63) is 48.3 Å². The van der Waals surface area contributed by atoms with Gasteiger partial charge in [-0.3, -0.25) is 9.78 Å². The number of hydrogen-bond acceptors (Lipinski definition) is 6. The molecule has 1 unspecified atom stereocenters. The molecule has 8 heteroatoms. The maximum absolute atomic E-state index is 12.9. The molecule has 2 N–H and O–H groups in total. The van der Waals surface area contributed by atoms with Crippen LogP contribution in [0.3, 0.4) is 0 Å². The van der Waals surface area contributed by atoms with Gasteiger partial charge in [-0.15, -0.1) is 0 Å².